The molecule has 9 heteroatoms. The summed E-state index contributed by atoms with van der Waals surface area (Å²) < 4.78 is 11.0. The number of esters is 1. The predicted molar refractivity (Wildman–Crippen MR) is 130 cm³/mol. The third-order valence-electron chi connectivity index (χ3n) is 5.53. The number of furan rings is 1. The minimum absolute atomic E-state index is 0.0107. The lowest BCUT2D eigenvalue weighted by atomic mass is 10.0. The first-order chi connectivity index (χ1) is 17.1. The Morgan fingerprint density at radius 3 is 2.19 bits per heavy atom. The van der Waals surface area contributed by atoms with Gasteiger partial charge in [-0.1, -0.05) is 12.1 Å². The molecule has 0 bridgehead atoms. The molecule has 0 saturated heterocycles. The minimum atomic E-state index is -1.10. The number of fused-ring (bicyclic) bond motifs is 1. The number of rotatable bonds is 7. The van der Waals surface area contributed by atoms with Gasteiger partial charge in [-0.2, -0.15) is 0 Å². The van der Waals surface area contributed by atoms with Crippen molar-refractivity contribution in [3.63, 3.8) is 0 Å². The molecule has 0 saturated carbocycles. The van der Waals surface area contributed by atoms with E-state index in [0.717, 1.165) is 6.08 Å². The highest BCUT2D eigenvalue weighted by molar-refractivity contribution is 5.97. The molecule has 3 aromatic carbocycles. The van der Waals surface area contributed by atoms with Gasteiger partial charge in [0.15, 0.2) is 46.2 Å². The summed E-state index contributed by atoms with van der Waals surface area (Å²) in [6, 6.07) is 12.8. The zero-order valence-electron chi connectivity index (χ0n) is 19.0. The zero-order valence-corrected chi connectivity index (χ0v) is 19.0. The number of phenolic OH excluding ortho intramolecular Hbond substituents is 5. The molecule has 4 rings (SSSR count). The Labute approximate surface area is 204 Å². The van der Waals surface area contributed by atoms with E-state index in [1.165, 1.54) is 55.5 Å². The Balaban J connectivity index is 1.56. The Morgan fingerprint density at radius 1 is 0.861 bits per heavy atom. The first kappa shape index (κ1) is 24.2. The van der Waals surface area contributed by atoms with Gasteiger partial charge in [-0.3, -0.25) is 4.79 Å². The number of carbonyl (C=O) groups is 2. The van der Waals surface area contributed by atoms with Gasteiger partial charge in [-0.05, 0) is 66.6 Å². The van der Waals surface area contributed by atoms with Gasteiger partial charge in [-0.25, -0.2) is 4.79 Å². The number of ketones is 1. The summed E-state index contributed by atoms with van der Waals surface area (Å²) >= 11 is 0. The lowest BCUT2D eigenvalue weighted by Crippen LogP contribution is -2.26. The van der Waals surface area contributed by atoms with Crippen LogP contribution in [0.5, 0.6) is 28.7 Å². The molecule has 0 radical (unpaired) electrons. The van der Waals surface area contributed by atoms with Crippen molar-refractivity contribution in [3.05, 3.63) is 71.8 Å². The molecule has 1 heterocycles. The maximum Gasteiger partial charge on any atom is 0.331 e. The molecule has 1 unspecified atom stereocenters. The van der Waals surface area contributed by atoms with Crippen molar-refractivity contribution < 1.29 is 44.3 Å². The third-order valence-corrected chi connectivity index (χ3v) is 5.53. The fourth-order valence-electron chi connectivity index (χ4n) is 3.61. The van der Waals surface area contributed by atoms with Crippen LogP contribution in [0.2, 0.25) is 0 Å². The summed E-state index contributed by atoms with van der Waals surface area (Å²) in [5, 5.41) is 49.1. The van der Waals surface area contributed by atoms with Crippen molar-refractivity contribution in [3.8, 4) is 40.1 Å². The van der Waals surface area contributed by atoms with Crippen molar-refractivity contribution in [1.82, 2.24) is 0 Å². The van der Waals surface area contributed by atoms with E-state index >= 15 is 0 Å². The van der Waals surface area contributed by atoms with Crippen molar-refractivity contribution >= 4 is 28.8 Å². The molecule has 0 spiro atoms. The summed E-state index contributed by atoms with van der Waals surface area (Å²) in [6.07, 6.45) is 1.49. The SMILES string of the molecule is CC(=O)C(Cc1ccc(O)c(O)c1)OC(=O)/C=C/c1ccc(O)c2oc(-c3ccc(O)c(O)c3)cc12. The van der Waals surface area contributed by atoms with Crippen molar-refractivity contribution in [2.24, 2.45) is 0 Å². The lowest BCUT2D eigenvalue weighted by molar-refractivity contribution is -0.149. The second-order valence-corrected chi connectivity index (χ2v) is 8.13. The summed E-state index contributed by atoms with van der Waals surface area (Å²) in [5.74, 6) is -2.27. The van der Waals surface area contributed by atoms with Crippen LogP contribution in [0.25, 0.3) is 28.4 Å². The Morgan fingerprint density at radius 2 is 1.53 bits per heavy atom. The van der Waals surface area contributed by atoms with Gasteiger partial charge in [0, 0.05) is 23.4 Å². The number of carbonyl (C=O) groups excluding carboxylic acids is 2. The van der Waals surface area contributed by atoms with E-state index in [0.29, 0.717) is 27.8 Å². The van der Waals surface area contributed by atoms with E-state index in [2.05, 4.69) is 0 Å². The standard InChI is InChI=1S/C27H22O9/c1-14(28)24(11-15-2-6-19(29)22(32)10-15)35-26(34)9-5-16-3-8-21(31)27-18(16)13-25(36-27)17-4-7-20(30)23(33)12-17/h2-10,12-13,24,29-33H,11H2,1H3/b9-5+. The normalized spacial score (nSPS) is 12.1. The molecule has 0 aliphatic rings. The molecule has 9 nitrogen and oxygen atoms in total. The zero-order chi connectivity index (χ0) is 26.0. The first-order valence-corrected chi connectivity index (χ1v) is 10.8. The number of benzene rings is 3. The fourth-order valence-corrected chi connectivity index (χ4v) is 3.61. The second-order valence-electron chi connectivity index (χ2n) is 8.13. The van der Waals surface area contributed by atoms with Gasteiger partial charge in [0.05, 0.1) is 0 Å². The van der Waals surface area contributed by atoms with E-state index < -0.39 is 17.9 Å². The number of hydrogen-bond acceptors (Lipinski definition) is 9. The summed E-state index contributed by atoms with van der Waals surface area (Å²) in [5.41, 5.74) is 1.62. The quantitative estimate of drug-likeness (QED) is 0.144. The van der Waals surface area contributed by atoms with E-state index in [1.54, 1.807) is 12.1 Å². The molecule has 0 fully saturated rings. The highest BCUT2D eigenvalue weighted by Gasteiger charge is 2.20. The Hall–Kier alpha value is -4.92. The van der Waals surface area contributed by atoms with E-state index in [-0.39, 0.29) is 40.8 Å². The van der Waals surface area contributed by atoms with Crippen LogP contribution in [-0.2, 0) is 20.7 Å². The van der Waals surface area contributed by atoms with Crippen LogP contribution in [0.15, 0.2) is 65.1 Å². The lowest BCUT2D eigenvalue weighted by Gasteiger charge is -2.14. The van der Waals surface area contributed by atoms with Gasteiger partial charge >= 0.3 is 5.97 Å². The molecule has 184 valence electrons. The number of Topliss-reactive ketones (excluding diaryl/α,β-unsaturated/α-hetero) is 1. The average Bonchev–Trinajstić information content (AvgIpc) is 3.29. The summed E-state index contributed by atoms with van der Waals surface area (Å²) in [4.78, 5) is 24.5. The predicted octanol–water partition coefficient (Wildman–Crippen LogP) is 4.38. The minimum Gasteiger partial charge on any atom is -0.504 e. The van der Waals surface area contributed by atoms with Crippen molar-refractivity contribution in [2.75, 3.05) is 0 Å². The first-order valence-electron chi connectivity index (χ1n) is 10.8. The number of phenols is 5. The van der Waals surface area contributed by atoms with Crippen molar-refractivity contribution in [1.29, 1.82) is 0 Å². The summed E-state index contributed by atoms with van der Waals surface area (Å²) in [7, 11) is 0. The van der Waals surface area contributed by atoms with Gasteiger partial charge in [0.25, 0.3) is 0 Å². The number of ether oxygens (including phenoxy) is 1. The number of aromatic hydroxyl groups is 5. The van der Waals surface area contributed by atoms with Crippen LogP contribution in [0, 0.1) is 0 Å². The van der Waals surface area contributed by atoms with Crippen LogP contribution in [0.1, 0.15) is 18.1 Å². The van der Waals surface area contributed by atoms with E-state index in [9.17, 15) is 35.1 Å². The topological polar surface area (TPSA) is 158 Å². The third kappa shape index (κ3) is 5.10. The molecule has 5 N–H and O–H groups in total. The molecule has 1 aromatic heterocycles. The fraction of sp³-hybridized carbons (Fsp3) is 0.111. The van der Waals surface area contributed by atoms with Crippen LogP contribution in [0.3, 0.4) is 0 Å². The van der Waals surface area contributed by atoms with E-state index in [4.69, 9.17) is 9.15 Å². The molecular formula is C27H22O9. The van der Waals surface area contributed by atoms with Crippen molar-refractivity contribution in [2.45, 2.75) is 19.4 Å². The highest BCUT2D eigenvalue weighted by Crippen LogP contribution is 2.38. The highest BCUT2D eigenvalue weighted by atomic mass is 16.5. The van der Waals surface area contributed by atoms with Crippen LogP contribution in [0.4, 0.5) is 0 Å². The maximum atomic E-state index is 12.5. The Bertz CT molecular complexity index is 1500. The summed E-state index contributed by atoms with van der Waals surface area (Å²) in [6.45, 7) is 1.28. The molecular weight excluding hydrogens is 468 g/mol. The molecule has 0 aliphatic carbocycles. The van der Waals surface area contributed by atoms with Gasteiger partial charge in [0.2, 0.25) is 0 Å². The van der Waals surface area contributed by atoms with Crippen LogP contribution < -0.4 is 0 Å². The van der Waals surface area contributed by atoms with E-state index in [1.807, 2.05) is 0 Å². The number of hydrogen-bond donors (Lipinski definition) is 5. The monoisotopic (exact) mass is 490 g/mol. The maximum absolute atomic E-state index is 12.5. The van der Waals surface area contributed by atoms with Gasteiger partial charge in [-0.15, -0.1) is 0 Å². The molecule has 0 amide bonds. The van der Waals surface area contributed by atoms with Gasteiger partial charge in [0.1, 0.15) is 5.76 Å². The molecule has 4 aromatic rings. The van der Waals surface area contributed by atoms with Crippen LogP contribution >= 0.6 is 0 Å². The second kappa shape index (κ2) is 9.75. The smallest absolute Gasteiger partial charge is 0.331 e. The molecule has 0 aliphatic heterocycles. The van der Waals surface area contributed by atoms with Gasteiger partial charge < -0.3 is 34.7 Å². The van der Waals surface area contributed by atoms with Crippen LogP contribution in [-0.4, -0.2) is 43.4 Å². The Kier molecular flexibility index (Phi) is 6.56. The largest absolute Gasteiger partial charge is 0.504 e. The average molecular weight is 490 g/mol. The molecule has 36 heavy (non-hydrogen) atoms. The molecule has 1 atom stereocenters.